The van der Waals surface area contributed by atoms with Gasteiger partial charge in [0.1, 0.15) is 11.2 Å². The molecule has 0 fully saturated rings. The lowest BCUT2D eigenvalue weighted by Crippen LogP contribution is -1.88. The third-order valence-electron chi connectivity index (χ3n) is 6.73. The minimum Gasteiger partial charge on any atom is -0.455 e. The maximum atomic E-state index is 6.33. The van der Waals surface area contributed by atoms with Crippen LogP contribution in [-0.4, -0.2) is 0 Å². The van der Waals surface area contributed by atoms with Crippen molar-refractivity contribution in [3.63, 3.8) is 0 Å². The van der Waals surface area contributed by atoms with Crippen molar-refractivity contribution in [2.24, 2.45) is 0 Å². The fourth-order valence-corrected chi connectivity index (χ4v) is 5.89. The molecule has 1 nitrogen and oxygen atoms in total. The van der Waals surface area contributed by atoms with Crippen LogP contribution in [0.25, 0.3) is 65.7 Å². The summed E-state index contributed by atoms with van der Waals surface area (Å²) in [6.45, 7) is 0. The zero-order valence-corrected chi connectivity index (χ0v) is 19.8. The number of para-hydroxylation sites is 2. The predicted octanol–water partition coefficient (Wildman–Crippen LogP) is 9.99. The largest absolute Gasteiger partial charge is 0.455 e. The van der Waals surface area contributed by atoms with E-state index in [2.05, 4.69) is 119 Å². The highest BCUT2D eigenvalue weighted by Crippen LogP contribution is 2.43. The molecule has 0 atom stereocenters. The van der Waals surface area contributed by atoms with Crippen LogP contribution in [0.3, 0.4) is 0 Å². The van der Waals surface area contributed by atoms with Gasteiger partial charge in [0.25, 0.3) is 0 Å². The number of furan rings is 1. The maximum Gasteiger partial charge on any atom is 0.143 e. The van der Waals surface area contributed by atoms with Gasteiger partial charge in [0.15, 0.2) is 0 Å². The second-order valence-electron chi connectivity index (χ2n) is 8.64. The van der Waals surface area contributed by atoms with Crippen LogP contribution in [0.2, 0.25) is 0 Å². The van der Waals surface area contributed by atoms with Crippen LogP contribution in [0, 0.1) is 0 Å². The Morgan fingerprint density at radius 2 is 1.03 bits per heavy atom. The summed E-state index contributed by atoms with van der Waals surface area (Å²) in [5, 5.41) is 7.24. The van der Waals surface area contributed by atoms with Crippen molar-refractivity contribution in [1.82, 2.24) is 0 Å². The molecule has 0 aliphatic heterocycles. The number of hydrogen-bond acceptors (Lipinski definition) is 1. The molecule has 0 spiro atoms. The van der Waals surface area contributed by atoms with E-state index < -0.39 is 0 Å². The molecule has 160 valence electrons. The number of benzene rings is 6. The molecule has 0 bridgehead atoms. The van der Waals surface area contributed by atoms with E-state index in [0.29, 0.717) is 0 Å². The summed E-state index contributed by atoms with van der Waals surface area (Å²) < 4.78 is 7.48. The topological polar surface area (TPSA) is 13.1 Å². The molecule has 7 aromatic rings. The molecule has 6 aromatic carbocycles. The summed E-state index contributed by atoms with van der Waals surface area (Å²) in [5.41, 5.74) is 6.58. The Bertz CT molecular complexity index is 1820. The van der Waals surface area contributed by atoms with Crippen LogP contribution in [0.5, 0.6) is 0 Å². The van der Waals surface area contributed by atoms with Crippen molar-refractivity contribution in [2.45, 2.75) is 0 Å². The molecule has 2 heteroatoms. The van der Waals surface area contributed by atoms with Crippen molar-refractivity contribution in [1.29, 1.82) is 0 Å². The Hall–Kier alpha value is -3.88. The van der Waals surface area contributed by atoms with E-state index in [1.807, 2.05) is 12.1 Å². The van der Waals surface area contributed by atoms with Gasteiger partial charge in [-0.25, -0.2) is 0 Å². The van der Waals surface area contributed by atoms with E-state index in [0.717, 1.165) is 37.5 Å². The molecule has 7 rings (SSSR count). The Balaban J connectivity index is 1.53. The van der Waals surface area contributed by atoms with Gasteiger partial charge in [-0.15, -0.1) is 0 Å². The standard InChI is InChI=1S/C32H19BrO/c33-31-26-14-3-1-12-24(26)30(25-13-2-4-15-27(25)31)21-10-7-9-20(19-21)22-16-8-17-28-23-11-5-6-18-29(23)34-32(22)28/h1-19H. The Kier molecular flexibility index (Phi) is 4.36. The highest BCUT2D eigenvalue weighted by molar-refractivity contribution is 9.10. The molecule has 0 aliphatic rings. The molecule has 0 N–H and O–H groups in total. The molecule has 0 radical (unpaired) electrons. The Labute approximate surface area is 205 Å². The van der Waals surface area contributed by atoms with E-state index in [4.69, 9.17) is 4.42 Å². The summed E-state index contributed by atoms with van der Waals surface area (Å²) in [5.74, 6) is 0. The molecular weight excluding hydrogens is 480 g/mol. The van der Waals surface area contributed by atoms with Gasteiger partial charge in [-0.1, -0.05) is 103 Å². The van der Waals surface area contributed by atoms with Crippen molar-refractivity contribution in [2.75, 3.05) is 0 Å². The lowest BCUT2D eigenvalue weighted by Gasteiger charge is -2.15. The predicted molar refractivity (Wildman–Crippen MR) is 147 cm³/mol. The first kappa shape index (κ1) is 19.6. The highest BCUT2D eigenvalue weighted by atomic mass is 79.9. The van der Waals surface area contributed by atoms with Crippen LogP contribution in [0.1, 0.15) is 0 Å². The number of hydrogen-bond donors (Lipinski definition) is 0. The average molecular weight is 499 g/mol. The fourth-order valence-electron chi connectivity index (χ4n) is 5.20. The minimum absolute atomic E-state index is 0.922. The van der Waals surface area contributed by atoms with Gasteiger partial charge in [-0.3, -0.25) is 0 Å². The molecule has 34 heavy (non-hydrogen) atoms. The molecular formula is C32H19BrO. The van der Waals surface area contributed by atoms with Gasteiger partial charge in [0, 0.05) is 20.8 Å². The average Bonchev–Trinajstić information content (AvgIpc) is 3.28. The third kappa shape index (κ3) is 2.85. The monoisotopic (exact) mass is 498 g/mol. The second kappa shape index (κ2) is 7.58. The summed E-state index contributed by atoms with van der Waals surface area (Å²) in [7, 11) is 0. The van der Waals surface area contributed by atoms with Gasteiger partial charge in [0.05, 0.1) is 0 Å². The summed E-state index contributed by atoms with van der Waals surface area (Å²) in [6, 6.07) is 40.8. The van der Waals surface area contributed by atoms with Gasteiger partial charge in [0.2, 0.25) is 0 Å². The number of rotatable bonds is 2. The lowest BCUT2D eigenvalue weighted by atomic mass is 9.90. The van der Waals surface area contributed by atoms with E-state index in [-0.39, 0.29) is 0 Å². The zero-order chi connectivity index (χ0) is 22.6. The smallest absolute Gasteiger partial charge is 0.143 e. The van der Waals surface area contributed by atoms with Crippen LogP contribution < -0.4 is 0 Å². The Morgan fingerprint density at radius 1 is 0.471 bits per heavy atom. The SMILES string of the molecule is Brc1c2ccccc2c(-c2cccc(-c3cccc4c3oc3ccccc34)c2)c2ccccc12. The first-order chi connectivity index (χ1) is 16.8. The van der Waals surface area contributed by atoms with Crippen LogP contribution >= 0.6 is 15.9 Å². The lowest BCUT2D eigenvalue weighted by molar-refractivity contribution is 0.670. The third-order valence-corrected chi connectivity index (χ3v) is 7.59. The van der Waals surface area contributed by atoms with Crippen molar-refractivity contribution in [3.8, 4) is 22.3 Å². The molecule has 0 unspecified atom stereocenters. The molecule has 0 saturated heterocycles. The van der Waals surface area contributed by atoms with Gasteiger partial charge < -0.3 is 4.42 Å². The second-order valence-corrected chi connectivity index (χ2v) is 9.43. The van der Waals surface area contributed by atoms with Crippen LogP contribution in [0.4, 0.5) is 0 Å². The van der Waals surface area contributed by atoms with E-state index >= 15 is 0 Å². The molecule has 1 aromatic heterocycles. The van der Waals surface area contributed by atoms with Gasteiger partial charge >= 0.3 is 0 Å². The summed E-state index contributed by atoms with van der Waals surface area (Å²) >= 11 is 3.87. The zero-order valence-electron chi connectivity index (χ0n) is 18.3. The first-order valence-corrected chi connectivity index (χ1v) is 12.2. The summed E-state index contributed by atoms with van der Waals surface area (Å²) in [6.07, 6.45) is 0. The summed E-state index contributed by atoms with van der Waals surface area (Å²) in [4.78, 5) is 0. The van der Waals surface area contributed by atoms with Gasteiger partial charge in [-0.2, -0.15) is 0 Å². The van der Waals surface area contributed by atoms with E-state index in [1.54, 1.807) is 0 Å². The normalized spacial score (nSPS) is 11.7. The molecule has 0 aliphatic carbocycles. The van der Waals surface area contributed by atoms with Crippen LogP contribution in [0.15, 0.2) is 124 Å². The molecule has 0 amide bonds. The van der Waals surface area contributed by atoms with Crippen LogP contribution in [-0.2, 0) is 0 Å². The van der Waals surface area contributed by atoms with Crippen molar-refractivity contribution < 1.29 is 4.42 Å². The minimum atomic E-state index is 0.922. The van der Waals surface area contributed by atoms with E-state index in [1.165, 1.54) is 32.7 Å². The van der Waals surface area contributed by atoms with E-state index in [9.17, 15) is 0 Å². The Morgan fingerprint density at radius 3 is 1.76 bits per heavy atom. The fraction of sp³-hybridized carbons (Fsp3) is 0. The first-order valence-electron chi connectivity index (χ1n) is 11.4. The number of halogens is 1. The molecule has 1 heterocycles. The molecule has 0 saturated carbocycles. The van der Waals surface area contributed by atoms with Crippen molar-refractivity contribution >= 4 is 59.4 Å². The maximum absolute atomic E-state index is 6.33. The highest BCUT2D eigenvalue weighted by Gasteiger charge is 2.16. The van der Waals surface area contributed by atoms with Gasteiger partial charge in [-0.05, 0) is 66.3 Å². The quantitative estimate of drug-likeness (QED) is 0.216. The van der Waals surface area contributed by atoms with Crippen molar-refractivity contribution in [3.05, 3.63) is 120 Å². The number of fused-ring (bicyclic) bond motifs is 5.